The minimum absolute atomic E-state index is 0. The van der Waals surface area contributed by atoms with Crippen LogP contribution in [0.4, 0.5) is 0 Å². The maximum Gasteiger partial charge on any atom is 0.109 e. The molecule has 0 aromatic heterocycles. The smallest absolute Gasteiger partial charge is 0.109 e. The van der Waals surface area contributed by atoms with Crippen molar-refractivity contribution in [2.45, 2.75) is 85.5 Å². The number of hydrogen-bond donors (Lipinski definition) is 0. The Hall–Kier alpha value is -0.0151. The monoisotopic (exact) mass is 287 g/mol. The van der Waals surface area contributed by atoms with Crippen molar-refractivity contribution in [1.82, 2.24) is 0 Å². The van der Waals surface area contributed by atoms with E-state index in [0.717, 1.165) is 11.3 Å². The third kappa shape index (κ3) is 10.7. The van der Waals surface area contributed by atoms with Crippen LogP contribution in [0.25, 0.3) is 0 Å². The van der Waals surface area contributed by atoms with E-state index in [4.69, 9.17) is 4.84 Å². The van der Waals surface area contributed by atoms with Crippen LogP contribution in [0, 0.1) is 0 Å². The molecule has 0 heterocycles. The summed E-state index contributed by atoms with van der Waals surface area (Å²) in [5, 5.41) is 0. The predicted molar refractivity (Wildman–Crippen MR) is 96.4 cm³/mol. The lowest BCUT2D eigenvalue weighted by Gasteiger charge is -2.36. The Morgan fingerprint density at radius 3 is 1.35 bits per heavy atom. The Bertz CT molecular complexity index is 166. The number of hydrogen-bond acceptors (Lipinski definition) is 1. The van der Waals surface area contributed by atoms with Crippen LogP contribution in [0.1, 0.15) is 85.5 Å². The number of rotatable bonds is 14. The van der Waals surface area contributed by atoms with Gasteiger partial charge >= 0.3 is 0 Å². The van der Waals surface area contributed by atoms with Gasteiger partial charge in [-0.2, -0.15) is 4.65 Å². The average Bonchev–Trinajstić information content (AvgIpc) is 2.44. The van der Waals surface area contributed by atoms with E-state index >= 15 is 0 Å². The molecule has 0 rings (SSSR count). The highest BCUT2D eigenvalue weighted by Crippen LogP contribution is 2.16. The summed E-state index contributed by atoms with van der Waals surface area (Å²) in [5.74, 6) is 0. The summed E-state index contributed by atoms with van der Waals surface area (Å²) >= 11 is 0. The standard InChI is InChI=1S/C17H38NO.BH4/c1-5-9-13-17-19-18(14-10-6-2,15-11-7-3)16-12-8-4;/h5-17H2,1-4H3;1H4/q+1;-1. The van der Waals surface area contributed by atoms with E-state index in [2.05, 4.69) is 27.7 Å². The van der Waals surface area contributed by atoms with E-state index in [1.165, 1.54) is 77.4 Å². The molecule has 0 unspecified atom stereocenters. The van der Waals surface area contributed by atoms with Crippen LogP contribution in [0.15, 0.2) is 0 Å². The highest BCUT2D eigenvalue weighted by Gasteiger charge is 2.27. The van der Waals surface area contributed by atoms with E-state index in [1.54, 1.807) is 0 Å². The zero-order valence-electron chi connectivity index (χ0n) is 14.0. The van der Waals surface area contributed by atoms with E-state index in [1.807, 2.05) is 0 Å². The molecule has 0 N–H and O–H groups in total. The highest BCUT2D eigenvalue weighted by molar-refractivity contribution is 5.75. The Morgan fingerprint density at radius 2 is 1.00 bits per heavy atom. The quantitative estimate of drug-likeness (QED) is 0.204. The third-order valence-corrected chi connectivity index (χ3v) is 3.87. The van der Waals surface area contributed by atoms with Crippen LogP contribution in [0.3, 0.4) is 0 Å². The molecular formula is C17H42BNO. The van der Waals surface area contributed by atoms with Crippen molar-refractivity contribution in [3.05, 3.63) is 0 Å². The fourth-order valence-corrected chi connectivity index (χ4v) is 2.48. The second-order valence-electron chi connectivity index (χ2n) is 5.83. The molecule has 0 amide bonds. The van der Waals surface area contributed by atoms with Gasteiger partial charge in [0, 0.05) is 0 Å². The lowest BCUT2D eigenvalue weighted by Crippen LogP contribution is -2.50. The molecule has 0 bridgehead atoms. The number of unbranched alkanes of at least 4 members (excludes halogenated alkanes) is 5. The molecule has 0 fully saturated rings. The first-order valence-corrected chi connectivity index (χ1v) is 8.75. The molecule has 0 aliphatic heterocycles. The summed E-state index contributed by atoms with van der Waals surface area (Å²) in [5.41, 5.74) is 0. The van der Waals surface area contributed by atoms with Crippen LogP contribution < -0.4 is 0 Å². The molecule has 0 aliphatic rings. The first-order valence-electron chi connectivity index (χ1n) is 8.75. The first kappa shape index (κ1) is 22.3. The topological polar surface area (TPSA) is 9.23 Å². The lowest BCUT2D eigenvalue weighted by molar-refractivity contribution is -1.11. The molecule has 3 heteroatoms. The van der Waals surface area contributed by atoms with Gasteiger partial charge in [-0.05, 0) is 25.7 Å². The summed E-state index contributed by atoms with van der Waals surface area (Å²) in [7, 11) is 0. The Balaban J connectivity index is 0. The molecule has 0 aromatic carbocycles. The number of quaternary nitrogens is 1. The van der Waals surface area contributed by atoms with Crippen LogP contribution in [0.5, 0.6) is 0 Å². The molecule has 0 aliphatic carbocycles. The molecule has 0 spiro atoms. The predicted octanol–water partition coefficient (Wildman–Crippen LogP) is 3.87. The third-order valence-electron chi connectivity index (χ3n) is 3.87. The van der Waals surface area contributed by atoms with Crippen molar-refractivity contribution in [3.8, 4) is 0 Å². The van der Waals surface area contributed by atoms with Gasteiger partial charge in [-0.25, -0.2) is 4.84 Å². The van der Waals surface area contributed by atoms with Gasteiger partial charge in [0.2, 0.25) is 0 Å². The van der Waals surface area contributed by atoms with Crippen molar-refractivity contribution < 1.29 is 9.48 Å². The van der Waals surface area contributed by atoms with Gasteiger partial charge in [0.05, 0.1) is 0 Å². The number of hydroxylamine groups is 3. The van der Waals surface area contributed by atoms with Gasteiger partial charge in [-0.15, -0.1) is 0 Å². The zero-order chi connectivity index (χ0) is 14.4. The normalized spacial score (nSPS) is 11.4. The van der Waals surface area contributed by atoms with Crippen LogP contribution in [0.2, 0.25) is 0 Å². The second-order valence-corrected chi connectivity index (χ2v) is 5.83. The summed E-state index contributed by atoms with van der Waals surface area (Å²) in [6.07, 6.45) is 11.5. The fraction of sp³-hybridized carbons (Fsp3) is 1.00. The van der Waals surface area contributed by atoms with Crippen molar-refractivity contribution in [2.75, 3.05) is 26.2 Å². The largest absolute Gasteiger partial charge is 0.203 e. The van der Waals surface area contributed by atoms with Crippen molar-refractivity contribution in [1.29, 1.82) is 0 Å². The summed E-state index contributed by atoms with van der Waals surface area (Å²) in [6.45, 7) is 13.7. The molecule has 0 radical (unpaired) electrons. The Morgan fingerprint density at radius 1 is 0.600 bits per heavy atom. The molecule has 0 aromatic rings. The molecular weight excluding hydrogens is 245 g/mol. The molecule has 0 saturated carbocycles. The van der Waals surface area contributed by atoms with Gasteiger partial charge in [0.25, 0.3) is 0 Å². The molecule has 124 valence electrons. The van der Waals surface area contributed by atoms with E-state index in [0.29, 0.717) is 0 Å². The maximum absolute atomic E-state index is 6.38. The average molecular weight is 287 g/mol. The van der Waals surface area contributed by atoms with Gasteiger partial charge in [0.1, 0.15) is 26.2 Å². The van der Waals surface area contributed by atoms with Gasteiger partial charge in [-0.1, -0.05) is 68.2 Å². The zero-order valence-corrected chi connectivity index (χ0v) is 14.0. The first-order chi connectivity index (χ1) is 9.24. The lowest BCUT2D eigenvalue weighted by atomic mass is 10.2. The number of nitrogens with zero attached hydrogens (tertiary/aromatic N) is 1. The van der Waals surface area contributed by atoms with Crippen molar-refractivity contribution >= 4 is 8.41 Å². The fourth-order valence-electron chi connectivity index (χ4n) is 2.48. The van der Waals surface area contributed by atoms with E-state index in [9.17, 15) is 0 Å². The van der Waals surface area contributed by atoms with Crippen LogP contribution in [-0.2, 0) is 4.84 Å². The minimum Gasteiger partial charge on any atom is -0.203 e. The Labute approximate surface area is 130 Å². The maximum atomic E-state index is 6.38. The summed E-state index contributed by atoms with van der Waals surface area (Å²) in [4.78, 5) is 6.38. The van der Waals surface area contributed by atoms with Crippen molar-refractivity contribution in [2.24, 2.45) is 0 Å². The van der Waals surface area contributed by atoms with E-state index < -0.39 is 0 Å². The second kappa shape index (κ2) is 15.4. The molecule has 2 nitrogen and oxygen atoms in total. The van der Waals surface area contributed by atoms with E-state index in [-0.39, 0.29) is 8.41 Å². The van der Waals surface area contributed by atoms with Gasteiger partial charge in [-0.3, -0.25) is 0 Å². The summed E-state index contributed by atoms with van der Waals surface area (Å²) in [6, 6.07) is 0. The van der Waals surface area contributed by atoms with Crippen LogP contribution >= 0.6 is 0 Å². The molecule has 0 saturated heterocycles. The van der Waals surface area contributed by atoms with Crippen molar-refractivity contribution in [3.63, 3.8) is 0 Å². The molecule has 20 heavy (non-hydrogen) atoms. The minimum atomic E-state index is 0. The summed E-state index contributed by atoms with van der Waals surface area (Å²) < 4.78 is 0.930. The Kier molecular flexibility index (Phi) is 17.1. The van der Waals surface area contributed by atoms with Gasteiger partial charge in [0.15, 0.2) is 0 Å². The van der Waals surface area contributed by atoms with Crippen LogP contribution in [-0.4, -0.2) is 39.3 Å². The highest BCUT2D eigenvalue weighted by atomic mass is 16.7. The molecule has 0 atom stereocenters. The SMILES string of the molecule is CCCCCO[N+](CCCC)(CCCC)CCCC.[BH4-]. The van der Waals surface area contributed by atoms with Gasteiger partial charge < -0.3 is 0 Å².